The molecule has 1 saturated heterocycles. The van der Waals surface area contributed by atoms with Crippen LogP contribution in [0.1, 0.15) is 17.7 Å². The highest BCUT2D eigenvalue weighted by Crippen LogP contribution is 2.37. The van der Waals surface area contributed by atoms with E-state index in [1.807, 2.05) is 6.92 Å². The fourth-order valence-electron chi connectivity index (χ4n) is 3.73. The maximum atomic E-state index is 4.55. The van der Waals surface area contributed by atoms with Gasteiger partial charge in [0, 0.05) is 30.2 Å². The van der Waals surface area contributed by atoms with Crippen LogP contribution in [0.25, 0.3) is 20.4 Å². The second-order valence-electron chi connectivity index (χ2n) is 7.00. The molecule has 1 aliphatic heterocycles. The smallest absolute Gasteiger partial charge is 0.149 e. The number of benzene rings is 1. The lowest BCUT2D eigenvalue weighted by molar-refractivity contribution is 0.802. The van der Waals surface area contributed by atoms with E-state index in [0.29, 0.717) is 6.04 Å². The van der Waals surface area contributed by atoms with Gasteiger partial charge in [0.15, 0.2) is 0 Å². The Kier molecular flexibility index (Phi) is 3.89. The first-order valence-electron chi connectivity index (χ1n) is 9.14. The van der Waals surface area contributed by atoms with Crippen molar-refractivity contribution >= 4 is 43.3 Å². The van der Waals surface area contributed by atoms with Crippen LogP contribution in [0.4, 0.5) is 11.5 Å². The zero-order valence-electron chi connectivity index (χ0n) is 15.3. The summed E-state index contributed by atoms with van der Waals surface area (Å²) in [5, 5.41) is 13.4. The standard InChI is InChI=1S/C20H20N6S/c1-12-13(2)24-25-20-16(12)17-18(27-20)19(22-11-21-17)23-14-8-9-26(10-14)15-6-4-3-5-7-15/h3-7,11,14H,8-10H2,1-2H3,(H,21,22,23). The number of hydrogen-bond donors (Lipinski definition) is 1. The monoisotopic (exact) mass is 376 g/mol. The Balaban J connectivity index is 1.47. The van der Waals surface area contributed by atoms with Gasteiger partial charge < -0.3 is 10.2 Å². The number of hydrogen-bond acceptors (Lipinski definition) is 7. The molecule has 1 N–H and O–H groups in total. The molecule has 27 heavy (non-hydrogen) atoms. The third kappa shape index (κ3) is 2.78. The highest BCUT2D eigenvalue weighted by atomic mass is 32.1. The lowest BCUT2D eigenvalue weighted by Gasteiger charge is -2.19. The van der Waals surface area contributed by atoms with Crippen molar-refractivity contribution in [2.24, 2.45) is 0 Å². The zero-order valence-corrected chi connectivity index (χ0v) is 16.1. The largest absolute Gasteiger partial charge is 0.369 e. The van der Waals surface area contributed by atoms with Crippen molar-refractivity contribution in [2.75, 3.05) is 23.3 Å². The van der Waals surface area contributed by atoms with E-state index in [4.69, 9.17) is 0 Å². The van der Waals surface area contributed by atoms with E-state index < -0.39 is 0 Å². The Labute approximate surface area is 161 Å². The van der Waals surface area contributed by atoms with Crippen molar-refractivity contribution < 1.29 is 0 Å². The van der Waals surface area contributed by atoms with Gasteiger partial charge in [-0.15, -0.1) is 16.4 Å². The fourth-order valence-corrected chi connectivity index (χ4v) is 4.82. The molecule has 0 amide bonds. The number of nitrogens with one attached hydrogen (secondary N) is 1. The minimum atomic E-state index is 0.363. The van der Waals surface area contributed by atoms with Gasteiger partial charge in [0.05, 0.1) is 15.9 Å². The molecule has 4 aromatic rings. The lowest BCUT2D eigenvalue weighted by atomic mass is 10.1. The van der Waals surface area contributed by atoms with Crippen LogP contribution < -0.4 is 10.2 Å². The topological polar surface area (TPSA) is 66.8 Å². The van der Waals surface area contributed by atoms with Gasteiger partial charge in [0.2, 0.25) is 0 Å². The minimum absolute atomic E-state index is 0.363. The molecule has 3 aromatic heterocycles. The van der Waals surface area contributed by atoms with Gasteiger partial charge in [-0.25, -0.2) is 9.97 Å². The van der Waals surface area contributed by atoms with Crippen LogP contribution in [0.2, 0.25) is 0 Å². The number of fused-ring (bicyclic) bond motifs is 3. The summed E-state index contributed by atoms with van der Waals surface area (Å²) in [6.45, 7) is 6.09. The molecular weight excluding hydrogens is 356 g/mol. The van der Waals surface area contributed by atoms with E-state index in [0.717, 1.165) is 57.0 Å². The van der Waals surface area contributed by atoms with Crippen LogP contribution in [-0.2, 0) is 0 Å². The molecule has 1 fully saturated rings. The van der Waals surface area contributed by atoms with Gasteiger partial charge in [0.1, 0.15) is 17.0 Å². The summed E-state index contributed by atoms with van der Waals surface area (Å²) in [7, 11) is 0. The fraction of sp³-hybridized carbons (Fsp3) is 0.300. The maximum Gasteiger partial charge on any atom is 0.149 e. The van der Waals surface area contributed by atoms with Gasteiger partial charge in [-0.05, 0) is 38.0 Å². The van der Waals surface area contributed by atoms with Crippen LogP contribution in [0, 0.1) is 13.8 Å². The third-order valence-electron chi connectivity index (χ3n) is 5.31. The molecular formula is C20H20N6S. The second kappa shape index (κ2) is 6.42. The summed E-state index contributed by atoms with van der Waals surface area (Å²) in [4.78, 5) is 12.4. The quantitative estimate of drug-likeness (QED) is 0.584. The molecule has 0 aliphatic carbocycles. The van der Waals surface area contributed by atoms with Crippen molar-refractivity contribution in [3.63, 3.8) is 0 Å². The van der Waals surface area contributed by atoms with Crippen molar-refractivity contribution in [3.8, 4) is 0 Å². The van der Waals surface area contributed by atoms with E-state index in [9.17, 15) is 0 Å². The van der Waals surface area contributed by atoms with Gasteiger partial charge in [-0.3, -0.25) is 0 Å². The normalized spacial score (nSPS) is 17.1. The SMILES string of the molecule is Cc1nnc2sc3c(NC4CCN(c5ccccc5)C4)ncnc3c2c1C. The van der Waals surface area contributed by atoms with Crippen molar-refractivity contribution in [1.82, 2.24) is 20.2 Å². The van der Waals surface area contributed by atoms with Crippen LogP contribution in [0.5, 0.6) is 0 Å². The molecule has 5 rings (SSSR count). The molecule has 6 nitrogen and oxygen atoms in total. The molecule has 136 valence electrons. The number of nitrogens with zero attached hydrogens (tertiary/aromatic N) is 5. The Morgan fingerprint density at radius 3 is 2.81 bits per heavy atom. The Morgan fingerprint density at radius 1 is 1.11 bits per heavy atom. The van der Waals surface area contributed by atoms with Crippen LogP contribution in [-0.4, -0.2) is 39.3 Å². The van der Waals surface area contributed by atoms with Crippen LogP contribution >= 0.6 is 11.3 Å². The molecule has 0 radical (unpaired) electrons. The highest BCUT2D eigenvalue weighted by molar-refractivity contribution is 7.25. The molecule has 0 bridgehead atoms. The number of anilines is 2. The molecule has 0 saturated carbocycles. The number of aryl methyl sites for hydroxylation is 2. The van der Waals surface area contributed by atoms with Gasteiger partial charge in [-0.1, -0.05) is 18.2 Å². The first kappa shape index (κ1) is 16.4. The lowest BCUT2D eigenvalue weighted by Crippen LogP contribution is -2.26. The number of rotatable bonds is 3. The first-order valence-corrected chi connectivity index (χ1v) is 9.96. The maximum absolute atomic E-state index is 4.55. The van der Waals surface area contributed by atoms with Crippen molar-refractivity contribution in [2.45, 2.75) is 26.3 Å². The van der Waals surface area contributed by atoms with Crippen molar-refractivity contribution in [3.05, 3.63) is 47.9 Å². The second-order valence-corrected chi connectivity index (χ2v) is 8.00. The Bertz CT molecular complexity index is 1120. The van der Waals surface area contributed by atoms with Crippen LogP contribution in [0.3, 0.4) is 0 Å². The summed E-state index contributed by atoms with van der Waals surface area (Å²) in [6, 6.07) is 10.9. The summed E-state index contributed by atoms with van der Waals surface area (Å²) in [5.74, 6) is 0.903. The summed E-state index contributed by atoms with van der Waals surface area (Å²) < 4.78 is 1.06. The average Bonchev–Trinajstić information content (AvgIpc) is 3.31. The Hall–Kier alpha value is -2.80. The molecule has 7 heteroatoms. The molecule has 1 aromatic carbocycles. The minimum Gasteiger partial charge on any atom is -0.369 e. The summed E-state index contributed by atoms with van der Waals surface area (Å²) >= 11 is 1.62. The van der Waals surface area contributed by atoms with Crippen molar-refractivity contribution in [1.29, 1.82) is 0 Å². The molecule has 0 spiro atoms. The summed E-state index contributed by atoms with van der Waals surface area (Å²) in [6.07, 6.45) is 2.74. The number of aromatic nitrogens is 4. The van der Waals surface area contributed by atoms with Crippen LogP contribution in [0.15, 0.2) is 36.7 Å². The van der Waals surface area contributed by atoms with Gasteiger partial charge in [0.25, 0.3) is 0 Å². The molecule has 4 heterocycles. The summed E-state index contributed by atoms with van der Waals surface area (Å²) in [5.41, 5.74) is 4.34. The Morgan fingerprint density at radius 2 is 1.96 bits per heavy atom. The zero-order chi connectivity index (χ0) is 18.4. The first-order chi connectivity index (χ1) is 13.2. The molecule has 1 atom stereocenters. The predicted molar refractivity (Wildman–Crippen MR) is 111 cm³/mol. The predicted octanol–water partition coefficient (Wildman–Crippen LogP) is 3.94. The van der Waals surface area contributed by atoms with E-state index in [2.05, 4.69) is 67.6 Å². The van der Waals surface area contributed by atoms with Gasteiger partial charge >= 0.3 is 0 Å². The molecule has 1 unspecified atom stereocenters. The van der Waals surface area contributed by atoms with Gasteiger partial charge in [-0.2, -0.15) is 5.10 Å². The number of thiophene rings is 1. The molecule has 1 aliphatic rings. The van der Waals surface area contributed by atoms with E-state index >= 15 is 0 Å². The van der Waals surface area contributed by atoms with E-state index in [-0.39, 0.29) is 0 Å². The highest BCUT2D eigenvalue weighted by Gasteiger charge is 2.24. The third-order valence-corrected chi connectivity index (χ3v) is 6.38. The van der Waals surface area contributed by atoms with E-state index in [1.165, 1.54) is 5.69 Å². The average molecular weight is 376 g/mol. The number of para-hydroxylation sites is 1. The van der Waals surface area contributed by atoms with E-state index in [1.54, 1.807) is 17.7 Å².